The smallest absolute Gasteiger partial charge is 0.229 e. The average Bonchev–Trinajstić information content (AvgIpc) is 2.17. The molecule has 0 spiro atoms. The fraction of sp³-hybridized carbons (Fsp3) is 0.417. The van der Waals surface area contributed by atoms with Gasteiger partial charge in [-0.2, -0.15) is 0 Å². The number of aryl methyl sites for hydroxylation is 1. The highest BCUT2D eigenvalue weighted by molar-refractivity contribution is 9.18. The molecule has 0 heterocycles. The molecule has 2 nitrogen and oxygen atoms in total. The van der Waals surface area contributed by atoms with Crippen LogP contribution < -0.4 is 0 Å². The molecule has 1 rings (SSSR count). The quantitative estimate of drug-likeness (QED) is 0.787. The number of hydrogen-bond acceptors (Lipinski definition) is 2. The van der Waals surface area contributed by atoms with Crippen LogP contribution in [0.2, 0.25) is 0 Å². The van der Waals surface area contributed by atoms with Crippen molar-refractivity contribution in [3.63, 3.8) is 0 Å². The molecule has 0 fully saturated rings. The lowest BCUT2D eigenvalue weighted by Crippen LogP contribution is -2.36. The highest BCUT2D eigenvalue weighted by atomic mass is 79.9. The summed E-state index contributed by atoms with van der Waals surface area (Å²) >= 11 is 2.97. The van der Waals surface area contributed by atoms with Crippen LogP contribution in [-0.2, 0) is 16.0 Å². The van der Waals surface area contributed by atoms with E-state index in [4.69, 9.17) is 4.74 Å². The molecular formula is C12H15BrO2. The van der Waals surface area contributed by atoms with Gasteiger partial charge in [-0.15, -0.1) is 0 Å². The normalized spacial score (nSPS) is 14.7. The van der Waals surface area contributed by atoms with Crippen LogP contribution in [0.15, 0.2) is 24.3 Å². The minimum atomic E-state index is -0.784. The third kappa shape index (κ3) is 3.14. The predicted octanol–water partition coefficient (Wildman–Crippen LogP) is 2.86. The molecule has 1 unspecified atom stereocenters. The van der Waals surface area contributed by atoms with Gasteiger partial charge in [0.1, 0.15) is 5.60 Å². The van der Waals surface area contributed by atoms with E-state index in [-0.39, 0.29) is 4.69 Å². The molecular weight excluding hydrogens is 256 g/mol. The van der Waals surface area contributed by atoms with E-state index < -0.39 is 5.60 Å². The third-order valence-corrected chi connectivity index (χ3v) is 3.33. The molecule has 0 saturated carbocycles. The highest BCUT2D eigenvalue weighted by Gasteiger charge is 2.31. The maximum atomic E-state index is 11.4. The van der Waals surface area contributed by atoms with Crippen molar-refractivity contribution < 1.29 is 9.53 Å². The summed E-state index contributed by atoms with van der Waals surface area (Å²) in [5.74, 6) is 0. The second-order valence-electron chi connectivity index (χ2n) is 3.87. The number of carbonyl (C=O) groups is 1. The Morgan fingerprint density at radius 3 is 2.67 bits per heavy atom. The van der Waals surface area contributed by atoms with Gasteiger partial charge >= 0.3 is 0 Å². The highest BCUT2D eigenvalue weighted by Crippen LogP contribution is 2.21. The van der Waals surface area contributed by atoms with Gasteiger partial charge in [0.15, 0.2) is 0 Å². The maximum absolute atomic E-state index is 11.4. The number of hydrogen-bond donors (Lipinski definition) is 0. The standard InChI is InChI=1S/C12H15BrO2/c1-9-5-4-6-10(7-9)8-12(2,15-3)11(13)14/h4-7H,8H2,1-3H3. The van der Waals surface area contributed by atoms with Gasteiger partial charge in [-0.05, 0) is 35.3 Å². The molecule has 0 amide bonds. The molecule has 0 bridgehead atoms. The number of ether oxygens (including phenoxy) is 1. The van der Waals surface area contributed by atoms with Crippen molar-refractivity contribution in [2.24, 2.45) is 0 Å². The molecule has 82 valence electrons. The van der Waals surface area contributed by atoms with Gasteiger partial charge in [-0.3, -0.25) is 4.79 Å². The molecule has 1 atom stereocenters. The van der Waals surface area contributed by atoms with Crippen molar-refractivity contribution in [3.05, 3.63) is 35.4 Å². The molecule has 0 saturated heterocycles. The van der Waals surface area contributed by atoms with Gasteiger partial charge in [0.25, 0.3) is 0 Å². The Morgan fingerprint density at radius 2 is 2.20 bits per heavy atom. The predicted molar refractivity (Wildman–Crippen MR) is 64.2 cm³/mol. The zero-order valence-electron chi connectivity index (χ0n) is 9.21. The van der Waals surface area contributed by atoms with E-state index in [1.165, 1.54) is 5.56 Å². The Bertz CT molecular complexity index is 362. The average molecular weight is 271 g/mol. The molecule has 0 aliphatic rings. The van der Waals surface area contributed by atoms with Crippen molar-refractivity contribution in [1.29, 1.82) is 0 Å². The SMILES string of the molecule is COC(C)(Cc1cccc(C)c1)C(=O)Br. The Morgan fingerprint density at radius 1 is 1.53 bits per heavy atom. The third-order valence-electron chi connectivity index (χ3n) is 2.49. The van der Waals surface area contributed by atoms with E-state index in [0.29, 0.717) is 6.42 Å². The van der Waals surface area contributed by atoms with Crippen LogP contribution in [-0.4, -0.2) is 17.4 Å². The van der Waals surface area contributed by atoms with Crippen LogP contribution in [0.1, 0.15) is 18.1 Å². The van der Waals surface area contributed by atoms with E-state index in [2.05, 4.69) is 22.0 Å². The fourth-order valence-corrected chi connectivity index (χ4v) is 1.74. The number of rotatable bonds is 4. The van der Waals surface area contributed by atoms with Crippen molar-refractivity contribution in [3.8, 4) is 0 Å². The summed E-state index contributed by atoms with van der Waals surface area (Å²) in [7, 11) is 1.55. The van der Waals surface area contributed by atoms with Crippen LogP contribution in [0.5, 0.6) is 0 Å². The topological polar surface area (TPSA) is 26.3 Å². The molecule has 0 N–H and O–H groups in total. The summed E-state index contributed by atoms with van der Waals surface area (Å²) in [6.07, 6.45) is 0.579. The zero-order chi connectivity index (χ0) is 11.5. The summed E-state index contributed by atoms with van der Waals surface area (Å²) in [5.41, 5.74) is 1.51. The first kappa shape index (κ1) is 12.4. The number of halogens is 1. The lowest BCUT2D eigenvalue weighted by molar-refractivity contribution is -0.128. The minimum absolute atomic E-state index is 0.126. The largest absolute Gasteiger partial charge is 0.369 e. The van der Waals surface area contributed by atoms with Crippen LogP contribution >= 0.6 is 15.9 Å². The van der Waals surface area contributed by atoms with Crippen molar-refractivity contribution >= 4 is 20.6 Å². The van der Waals surface area contributed by atoms with Gasteiger partial charge in [0.05, 0.1) is 0 Å². The molecule has 0 aliphatic heterocycles. The second kappa shape index (κ2) is 4.90. The van der Waals surface area contributed by atoms with Crippen molar-refractivity contribution in [1.82, 2.24) is 0 Å². The number of carbonyl (C=O) groups excluding carboxylic acids is 1. The molecule has 0 aliphatic carbocycles. The monoisotopic (exact) mass is 270 g/mol. The Hall–Kier alpha value is -0.670. The summed E-state index contributed by atoms with van der Waals surface area (Å²) in [4.78, 5) is 11.4. The molecule has 1 aromatic carbocycles. The van der Waals surface area contributed by atoms with E-state index in [0.717, 1.165) is 5.56 Å². The van der Waals surface area contributed by atoms with Crippen LogP contribution in [0.3, 0.4) is 0 Å². The Kier molecular flexibility index (Phi) is 4.05. The maximum Gasteiger partial charge on any atom is 0.229 e. The molecule has 0 aromatic heterocycles. The number of methoxy groups -OCH3 is 1. The van der Waals surface area contributed by atoms with E-state index >= 15 is 0 Å². The summed E-state index contributed by atoms with van der Waals surface area (Å²) in [5, 5.41) is 0. The molecule has 15 heavy (non-hydrogen) atoms. The van der Waals surface area contributed by atoms with Gasteiger partial charge in [-0.25, -0.2) is 0 Å². The van der Waals surface area contributed by atoms with E-state index in [1.54, 1.807) is 14.0 Å². The Labute approximate surface area is 98.8 Å². The van der Waals surface area contributed by atoms with Gasteiger partial charge in [0.2, 0.25) is 4.69 Å². The van der Waals surface area contributed by atoms with Gasteiger partial charge < -0.3 is 4.74 Å². The van der Waals surface area contributed by atoms with Crippen molar-refractivity contribution in [2.45, 2.75) is 25.9 Å². The van der Waals surface area contributed by atoms with E-state index in [9.17, 15) is 4.79 Å². The summed E-state index contributed by atoms with van der Waals surface area (Å²) < 4.78 is 5.12. The van der Waals surface area contributed by atoms with Crippen LogP contribution in [0, 0.1) is 6.92 Å². The lowest BCUT2D eigenvalue weighted by Gasteiger charge is -2.24. The fourth-order valence-electron chi connectivity index (χ4n) is 1.43. The lowest BCUT2D eigenvalue weighted by atomic mass is 9.97. The first-order valence-corrected chi connectivity index (χ1v) is 5.58. The van der Waals surface area contributed by atoms with Crippen LogP contribution in [0.25, 0.3) is 0 Å². The minimum Gasteiger partial charge on any atom is -0.369 e. The second-order valence-corrected chi connectivity index (χ2v) is 4.59. The summed E-state index contributed by atoms with van der Waals surface area (Å²) in [6, 6.07) is 8.08. The Balaban J connectivity index is 2.89. The van der Waals surface area contributed by atoms with Gasteiger partial charge in [0, 0.05) is 13.5 Å². The van der Waals surface area contributed by atoms with Gasteiger partial charge in [-0.1, -0.05) is 29.8 Å². The molecule has 1 aromatic rings. The zero-order valence-corrected chi connectivity index (χ0v) is 10.8. The van der Waals surface area contributed by atoms with Crippen molar-refractivity contribution in [2.75, 3.05) is 7.11 Å². The van der Waals surface area contributed by atoms with Crippen LogP contribution in [0.4, 0.5) is 0 Å². The molecule has 3 heteroatoms. The summed E-state index contributed by atoms with van der Waals surface area (Å²) in [6.45, 7) is 3.82. The molecule has 0 radical (unpaired) electrons. The van der Waals surface area contributed by atoms with E-state index in [1.807, 2.05) is 25.1 Å². The number of benzene rings is 1. The first-order valence-electron chi connectivity index (χ1n) is 4.78. The first-order chi connectivity index (χ1) is 6.98.